The minimum absolute atomic E-state index is 0.270. The van der Waals surface area contributed by atoms with Crippen LogP contribution in [0.5, 0.6) is 0 Å². The fourth-order valence-corrected chi connectivity index (χ4v) is 1.94. The predicted octanol–water partition coefficient (Wildman–Crippen LogP) is 2.08. The van der Waals surface area contributed by atoms with Gasteiger partial charge in [-0.15, -0.1) is 0 Å². The van der Waals surface area contributed by atoms with Crippen molar-refractivity contribution >= 4 is 23.6 Å². The maximum Gasteiger partial charge on any atom is 0.328 e. The van der Waals surface area contributed by atoms with Crippen LogP contribution in [-0.2, 0) is 11.8 Å². The van der Waals surface area contributed by atoms with Gasteiger partial charge in [-0.3, -0.25) is 9.48 Å². The summed E-state index contributed by atoms with van der Waals surface area (Å²) in [7, 11) is 1.69. The number of hydrogen-bond donors (Lipinski definition) is 2. The van der Waals surface area contributed by atoms with Gasteiger partial charge in [-0.1, -0.05) is 6.07 Å². The molecule has 0 radical (unpaired) electrons. The summed E-state index contributed by atoms with van der Waals surface area (Å²) >= 11 is 0. The average Bonchev–Trinajstić information content (AvgIpc) is 2.82. The molecular weight excluding hydrogens is 270 g/mol. The van der Waals surface area contributed by atoms with E-state index in [-0.39, 0.29) is 5.91 Å². The van der Waals surface area contributed by atoms with Gasteiger partial charge >= 0.3 is 5.97 Å². The molecule has 0 spiro atoms. The summed E-state index contributed by atoms with van der Waals surface area (Å²) in [5, 5.41) is 15.4. The molecule has 108 valence electrons. The number of nitrogens with zero attached hydrogens (tertiary/aromatic N) is 2. The molecule has 2 rings (SSSR count). The molecule has 0 aliphatic rings. The number of carbonyl (C=O) groups excluding carboxylic acids is 1. The smallest absolute Gasteiger partial charge is 0.328 e. The number of nitrogens with one attached hydrogen (secondary N) is 1. The molecule has 0 aliphatic carbocycles. The Kier molecular flexibility index (Phi) is 4.18. The second kappa shape index (κ2) is 6.04. The molecule has 0 saturated carbocycles. The number of benzene rings is 1. The normalized spacial score (nSPS) is 10.8. The molecule has 6 nitrogen and oxygen atoms in total. The van der Waals surface area contributed by atoms with E-state index in [1.807, 2.05) is 19.1 Å². The topological polar surface area (TPSA) is 84.2 Å². The summed E-state index contributed by atoms with van der Waals surface area (Å²) in [6.07, 6.45) is 4.09. The second-order valence-electron chi connectivity index (χ2n) is 4.60. The van der Waals surface area contributed by atoms with Crippen molar-refractivity contribution in [3.63, 3.8) is 0 Å². The van der Waals surface area contributed by atoms with Crippen LogP contribution in [0.25, 0.3) is 6.08 Å². The van der Waals surface area contributed by atoms with Gasteiger partial charge in [-0.2, -0.15) is 5.10 Å². The highest BCUT2D eigenvalue weighted by Gasteiger charge is 2.10. The van der Waals surface area contributed by atoms with Crippen LogP contribution < -0.4 is 5.32 Å². The number of hydrogen-bond acceptors (Lipinski definition) is 3. The summed E-state index contributed by atoms with van der Waals surface area (Å²) < 4.78 is 1.48. The summed E-state index contributed by atoms with van der Waals surface area (Å²) in [6.45, 7) is 1.87. The molecule has 0 bridgehead atoms. The van der Waals surface area contributed by atoms with E-state index in [0.29, 0.717) is 16.9 Å². The quantitative estimate of drug-likeness (QED) is 0.842. The largest absolute Gasteiger partial charge is 0.478 e. The zero-order valence-electron chi connectivity index (χ0n) is 11.7. The van der Waals surface area contributed by atoms with Gasteiger partial charge < -0.3 is 10.4 Å². The Hall–Kier alpha value is -2.89. The highest BCUT2D eigenvalue weighted by molar-refractivity contribution is 6.03. The number of aromatic nitrogens is 2. The lowest BCUT2D eigenvalue weighted by atomic mass is 10.1. The maximum atomic E-state index is 12.1. The molecule has 0 saturated heterocycles. The predicted molar refractivity (Wildman–Crippen MR) is 79.0 cm³/mol. The number of carboxylic acid groups (broad SMARTS) is 1. The summed E-state index contributed by atoms with van der Waals surface area (Å²) in [4.78, 5) is 22.6. The fourth-order valence-electron chi connectivity index (χ4n) is 1.94. The SMILES string of the molecule is Cc1cc(/C=C/C(=O)O)cc(NC(=O)c2ccnn2C)c1. The first-order chi connectivity index (χ1) is 9.95. The van der Waals surface area contributed by atoms with Crippen LogP contribution in [0, 0.1) is 6.92 Å². The lowest BCUT2D eigenvalue weighted by molar-refractivity contribution is -0.131. The van der Waals surface area contributed by atoms with Crippen LogP contribution in [0.3, 0.4) is 0 Å². The monoisotopic (exact) mass is 285 g/mol. The third kappa shape index (κ3) is 3.79. The van der Waals surface area contributed by atoms with E-state index in [1.165, 1.54) is 10.8 Å². The van der Waals surface area contributed by atoms with Crippen molar-refractivity contribution in [3.8, 4) is 0 Å². The Morgan fingerprint density at radius 1 is 1.33 bits per heavy atom. The minimum Gasteiger partial charge on any atom is -0.478 e. The Morgan fingerprint density at radius 3 is 2.71 bits per heavy atom. The van der Waals surface area contributed by atoms with Gasteiger partial charge in [-0.05, 0) is 42.3 Å². The lowest BCUT2D eigenvalue weighted by Gasteiger charge is -2.08. The molecule has 0 atom stereocenters. The van der Waals surface area contributed by atoms with Gasteiger partial charge in [0.25, 0.3) is 5.91 Å². The van der Waals surface area contributed by atoms with E-state index in [9.17, 15) is 9.59 Å². The first-order valence-electron chi connectivity index (χ1n) is 6.28. The number of aryl methyl sites for hydroxylation is 2. The average molecular weight is 285 g/mol. The molecule has 1 aromatic carbocycles. The number of carbonyl (C=O) groups is 2. The van der Waals surface area contributed by atoms with Crippen LogP contribution in [-0.4, -0.2) is 26.8 Å². The molecule has 0 fully saturated rings. The molecule has 1 aromatic heterocycles. The Morgan fingerprint density at radius 2 is 2.10 bits per heavy atom. The molecule has 0 unspecified atom stereocenters. The van der Waals surface area contributed by atoms with Crippen molar-refractivity contribution in [3.05, 3.63) is 53.4 Å². The van der Waals surface area contributed by atoms with Gasteiger partial charge in [0.15, 0.2) is 0 Å². The number of aliphatic carboxylic acids is 1. The third-order valence-electron chi connectivity index (χ3n) is 2.83. The molecule has 1 amide bonds. The van der Waals surface area contributed by atoms with Crippen molar-refractivity contribution in [2.45, 2.75) is 6.92 Å². The third-order valence-corrected chi connectivity index (χ3v) is 2.83. The lowest BCUT2D eigenvalue weighted by Crippen LogP contribution is -2.16. The number of anilines is 1. The molecule has 0 aliphatic heterocycles. The molecule has 2 N–H and O–H groups in total. The van der Waals surface area contributed by atoms with Crippen LogP contribution in [0.4, 0.5) is 5.69 Å². The standard InChI is InChI=1S/C15H15N3O3/c1-10-7-11(3-4-14(19)20)9-12(8-10)17-15(21)13-5-6-16-18(13)2/h3-9H,1-2H3,(H,17,21)(H,19,20)/b4-3+. The summed E-state index contributed by atoms with van der Waals surface area (Å²) in [6, 6.07) is 6.97. The van der Waals surface area contributed by atoms with E-state index in [1.54, 1.807) is 25.4 Å². The van der Waals surface area contributed by atoms with Gasteiger partial charge in [0, 0.05) is 25.0 Å². The maximum absolute atomic E-state index is 12.1. The van der Waals surface area contributed by atoms with E-state index >= 15 is 0 Å². The number of carboxylic acids is 1. The number of amides is 1. The molecule has 2 aromatic rings. The Bertz CT molecular complexity index is 717. The minimum atomic E-state index is -1.02. The molecule has 21 heavy (non-hydrogen) atoms. The van der Waals surface area contributed by atoms with Gasteiger partial charge in [0.2, 0.25) is 0 Å². The van der Waals surface area contributed by atoms with E-state index < -0.39 is 5.97 Å². The molecule has 1 heterocycles. The van der Waals surface area contributed by atoms with Crippen molar-refractivity contribution in [1.82, 2.24) is 9.78 Å². The number of rotatable bonds is 4. The Labute approximate surface area is 121 Å². The zero-order chi connectivity index (χ0) is 15.4. The summed E-state index contributed by atoms with van der Waals surface area (Å²) in [5.41, 5.74) is 2.67. The fraction of sp³-hybridized carbons (Fsp3) is 0.133. The van der Waals surface area contributed by atoms with Gasteiger partial charge in [0.1, 0.15) is 5.69 Å². The van der Waals surface area contributed by atoms with Crippen LogP contribution in [0.15, 0.2) is 36.5 Å². The molecular formula is C15H15N3O3. The van der Waals surface area contributed by atoms with E-state index in [0.717, 1.165) is 11.6 Å². The van der Waals surface area contributed by atoms with Crippen LogP contribution >= 0.6 is 0 Å². The van der Waals surface area contributed by atoms with Gasteiger partial charge in [0.05, 0.1) is 0 Å². The van der Waals surface area contributed by atoms with Crippen LogP contribution in [0.2, 0.25) is 0 Å². The van der Waals surface area contributed by atoms with Crippen molar-refractivity contribution in [1.29, 1.82) is 0 Å². The first kappa shape index (κ1) is 14.5. The van der Waals surface area contributed by atoms with E-state index in [2.05, 4.69) is 10.4 Å². The van der Waals surface area contributed by atoms with Crippen molar-refractivity contribution < 1.29 is 14.7 Å². The second-order valence-corrected chi connectivity index (χ2v) is 4.60. The summed E-state index contributed by atoms with van der Waals surface area (Å²) in [5.74, 6) is -1.29. The van der Waals surface area contributed by atoms with E-state index in [4.69, 9.17) is 5.11 Å². The Balaban J connectivity index is 2.22. The zero-order valence-corrected chi connectivity index (χ0v) is 11.7. The van der Waals surface area contributed by atoms with Crippen molar-refractivity contribution in [2.75, 3.05) is 5.32 Å². The van der Waals surface area contributed by atoms with Crippen LogP contribution in [0.1, 0.15) is 21.6 Å². The van der Waals surface area contributed by atoms with Gasteiger partial charge in [-0.25, -0.2) is 4.79 Å². The highest BCUT2D eigenvalue weighted by atomic mass is 16.4. The molecule has 6 heteroatoms. The highest BCUT2D eigenvalue weighted by Crippen LogP contribution is 2.16. The first-order valence-corrected chi connectivity index (χ1v) is 6.28. The van der Waals surface area contributed by atoms with Crippen molar-refractivity contribution in [2.24, 2.45) is 7.05 Å².